The molecule has 0 spiro atoms. The van der Waals surface area contributed by atoms with Gasteiger partial charge in [0.25, 0.3) is 0 Å². The summed E-state index contributed by atoms with van der Waals surface area (Å²) in [5.41, 5.74) is 0.322. The molecule has 6 nitrogen and oxygen atoms in total. The van der Waals surface area contributed by atoms with E-state index in [0.717, 1.165) is 5.56 Å². The van der Waals surface area contributed by atoms with Gasteiger partial charge in [0.15, 0.2) is 0 Å². The summed E-state index contributed by atoms with van der Waals surface area (Å²) >= 11 is 0. The van der Waals surface area contributed by atoms with Gasteiger partial charge in [0.1, 0.15) is 5.60 Å². The molecule has 1 aromatic carbocycles. The topological polar surface area (TPSA) is 79.2 Å². The average molecular weight is 349 g/mol. The van der Waals surface area contributed by atoms with E-state index >= 15 is 0 Å². The number of ether oxygens (including phenoxy) is 2. The van der Waals surface area contributed by atoms with Gasteiger partial charge in [-0.05, 0) is 32.8 Å². The monoisotopic (exact) mass is 349 g/mol. The Bertz CT molecular complexity index is 581. The van der Waals surface area contributed by atoms with Crippen molar-refractivity contribution in [3.63, 3.8) is 0 Å². The van der Waals surface area contributed by atoms with Crippen molar-refractivity contribution in [2.45, 2.75) is 51.5 Å². The molecular formula is C19H27NO5. The van der Waals surface area contributed by atoms with Crippen LogP contribution in [-0.2, 0) is 16.1 Å². The first kappa shape index (κ1) is 19.4. The fourth-order valence-electron chi connectivity index (χ4n) is 2.74. The Kier molecular flexibility index (Phi) is 6.58. The number of carbonyl (C=O) groups is 1. The van der Waals surface area contributed by atoms with Crippen LogP contribution < -0.4 is 0 Å². The van der Waals surface area contributed by atoms with Crippen LogP contribution in [0.15, 0.2) is 42.5 Å². The maximum Gasteiger partial charge on any atom is 0.434 e. The molecule has 25 heavy (non-hydrogen) atoms. The molecule has 1 aromatic rings. The van der Waals surface area contributed by atoms with E-state index in [9.17, 15) is 15.1 Å². The summed E-state index contributed by atoms with van der Waals surface area (Å²) < 4.78 is 10.7. The minimum Gasteiger partial charge on any atom is -0.442 e. The Morgan fingerprint density at radius 3 is 2.64 bits per heavy atom. The fraction of sp³-hybridized carbons (Fsp3) is 0.526. The molecule has 2 N–H and O–H groups in total. The van der Waals surface area contributed by atoms with E-state index in [4.69, 9.17) is 9.47 Å². The molecule has 0 heterocycles. The van der Waals surface area contributed by atoms with Gasteiger partial charge in [0.05, 0.1) is 25.4 Å². The van der Waals surface area contributed by atoms with Gasteiger partial charge >= 0.3 is 6.09 Å². The second-order valence-corrected chi connectivity index (χ2v) is 7.20. The number of benzene rings is 1. The Morgan fingerprint density at radius 1 is 1.32 bits per heavy atom. The molecule has 1 aliphatic rings. The maximum atomic E-state index is 12.0. The van der Waals surface area contributed by atoms with Gasteiger partial charge in [-0.15, -0.1) is 0 Å². The predicted molar refractivity (Wildman–Crippen MR) is 93.0 cm³/mol. The molecule has 0 bridgehead atoms. The van der Waals surface area contributed by atoms with E-state index in [1.165, 1.54) is 0 Å². The number of carbonyl (C=O) groups excluding carboxylic acids is 1. The van der Waals surface area contributed by atoms with Gasteiger partial charge in [-0.25, -0.2) is 4.79 Å². The second kappa shape index (κ2) is 8.47. The van der Waals surface area contributed by atoms with Crippen LogP contribution in [0.1, 0.15) is 32.8 Å². The Labute approximate surface area is 148 Å². The highest BCUT2D eigenvalue weighted by molar-refractivity contribution is 5.67. The minimum atomic E-state index is -0.829. The van der Waals surface area contributed by atoms with Crippen LogP contribution in [0.2, 0.25) is 0 Å². The first-order valence-corrected chi connectivity index (χ1v) is 8.45. The summed E-state index contributed by atoms with van der Waals surface area (Å²) in [7, 11) is 0. The lowest BCUT2D eigenvalue weighted by atomic mass is 9.97. The molecule has 0 aromatic heterocycles. The minimum absolute atomic E-state index is 0.114. The number of hydrogen-bond donors (Lipinski definition) is 2. The molecular weight excluding hydrogens is 322 g/mol. The summed E-state index contributed by atoms with van der Waals surface area (Å²) in [6, 6.07) is 9.11. The molecule has 1 aliphatic carbocycles. The van der Waals surface area contributed by atoms with Gasteiger partial charge in [-0.1, -0.05) is 42.5 Å². The Morgan fingerprint density at radius 2 is 2.00 bits per heavy atom. The highest BCUT2D eigenvalue weighted by atomic mass is 16.6. The van der Waals surface area contributed by atoms with Gasteiger partial charge in [0, 0.05) is 5.92 Å². The van der Waals surface area contributed by atoms with Gasteiger partial charge in [-0.3, -0.25) is 5.21 Å². The van der Waals surface area contributed by atoms with Crippen molar-refractivity contribution in [1.82, 2.24) is 5.06 Å². The van der Waals surface area contributed by atoms with E-state index in [1.807, 2.05) is 36.4 Å². The number of nitrogens with zero attached hydrogens (tertiary/aromatic N) is 1. The fourth-order valence-corrected chi connectivity index (χ4v) is 2.74. The lowest BCUT2D eigenvalue weighted by molar-refractivity contribution is -0.137. The highest BCUT2D eigenvalue weighted by Gasteiger charge is 2.37. The van der Waals surface area contributed by atoms with Crippen LogP contribution in [-0.4, -0.2) is 45.8 Å². The molecule has 6 heteroatoms. The van der Waals surface area contributed by atoms with Gasteiger partial charge in [-0.2, -0.15) is 5.06 Å². The molecule has 0 saturated carbocycles. The van der Waals surface area contributed by atoms with Crippen LogP contribution in [0.25, 0.3) is 0 Å². The number of hydrogen-bond acceptors (Lipinski definition) is 5. The van der Waals surface area contributed by atoms with Crippen molar-refractivity contribution in [1.29, 1.82) is 0 Å². The zero-order valence-electron chi connectivity index (χ0n) is 15.0. The Balaban J connectivity index is 1.86. The standard InChI is InChI=1S/C19H27NO5/c1-19(2,3)25-18(22)20(23)16-11-7-10-15(16)17(21)13-24-12-14-8-5-4-6-9-14/h4-10,15-17,21,23H,11-13H2,1-3H3. The molecule has 138 valence electrons. The van der Waals surface area contributed by atoms with Crippen LogP contribution in [0.4, 0.5) is 4.79 Å². The predicted octanol–water partition coefficient (Wildman–Crippen LogP) is 3.14. The second-order valence-electron chi connectivity index (χ2n) is 7.20. The number of aliphatic hydroxyl groups is 1. The molecule has 0 saturated heterocycles. The van der Waals surface area contributed by atoms with E-state index in [-0.39, 0.29) is 6.61 Å². The molecule has 3 unspecified atom stereocenters. The number of hydroxylamine groups is 2. The van der Waals surface area contributed by atoms with Crippen molar-refractivity contribution >= 4 is 6.09 Å². The third-order valence-corrected chi connectivity index (χ3v) is 3.92. The zero-order chi connectivity index (χ0) is 18.4. The SMILES string of the molecule is CC(C)(C)OC(=O)N(O)C1CC=CC1C(O)COCc1ccccc1. The van der Waals surface area contributed by atoms with Gasteiger partial charge < -0.3 is 14.6 Å². The smallest absolute Gasteiger partial charge is 0.434 e. The largest absolute Gasteiger partial charge is 0.442 e. The van der Waals surface area contributed by atoms with E-state index < -0.39 is 29.8 Å². The lowest BCUT2D eigenvalue weighted by Gasteiger charge is -2.31. The van der Waals surface area contributed by atoms with E-state index in [2.05, 4.69) is 0 Å². The summed E-state index contributed by atoms with van der Waals surface area (Å²) in [5.74, 6) is -0.409. The van der Waals surface area contributed by atoms with Crippen LogP contribution in [0.5, 0.6) is 0 Å². The van der Waals surface area contributed by atoms with Crippen molar-refractivity contribution in [3.05, 3.63) is 48.0 Å². The van der Waals surface area contributed by atoms with E-state index in [1.54, 1.807) is 26.8 Å². The molecule has 0 aliphatic heterocycles. The quantitative estimate of drug-likeness (QED) is 0.469. The molecule has 0 radical (unpaired) electrons. The number of aliphatic hydroxyl groups excluding tert-OH is 1. The third kappa shape index (κ3) is 5.85. The normalized spacial score (nSPS) is 21.2. The molecule has 0 fully saturated rings. The van der Waals surface area contributed by atoms with Crippen LogP contribution in [0, 0.1) is 5.92 Å². The first-order chi connectivity index (χ1) is 11.8. The van der Waals surface area contributed by atoms with E-state index in [0.29, 0.717) is 18.1 Å². The molecule has 1 amide bonds. The molecule has 2 rings (SSSR count). The number of amides is 1. The first-order valence-electron chi connectivity index (χ1n) is 8.45. The average Bonchev–Trinajstić information content (AvgIpc) is 3.03. The lowest BCUT2D eigenvalue weighted by Crippen LogP contribution is -2.46. The highest BCUT2D eigenvalue weighted by Crippen LogP contribution is 2.27. The zero-order valence-corrected chi connectivity index (χ0v) is 15.0. The van der Waals surface area contributed by atoms with Crippen molar-refractivity contribution in [2.75, 3.05) is 6.61 Å². The number of rotatable bonds is 6. The third-order valence-electron chi connectivity index (χ3n) is 3.92. The Hall–Kier alpha value is -1.89. The summed E-state index contributed by atoms with van der Waals surface area (Å²) in [6.07, 6.45) is 2.45. The summed E-state index contributed by atoms with van der Waals surface area (Å²) in [5, 5.41) is 21.1. The summed E-state index contributed by atoms with van der Waals surface area (Å²) in [6.45, 7) is 5.70. The molecule has 3 atom stereocenters. The van der Waals surface area contributed by atoms with Crippen molar-refractivity contribution in [2.24, 2.45) is 5.92 Å². The maximum absolute atomic E-state index is 12.0. The van der Waals surface area contributed by atoms with Gasteiger partial charge in [0.2, 0.25) is 0 Å². The van der Waals surface area contributed by atoms with Crippen molar-refractivity contribution < 1.29 is 24.6 Å². The van der Waals surface area contributed by atoms with Crippen LogP contribution in [0.3, 0.4) is 0 Å². The summed E-state index contributed by atoms with van der Waals surface area (Å²) in [4.78, 5) is 12.0. The van der Waals surface area contributed by atoms with Crippen LogP contribution >= 0.6 is 0 Å². The van der Waals surface area contributed by atoms with Crippen molar-refractivity contribution in [3.8, 4) is 0 Å².